The lowest BCUT2D eigenvalue weighted by molar-refractivity contribution is -0.384. The maximum Gasteiger partial charge on any atom is 0.269 e. The summed E-state index contributed by atoms with van der Waals surface area (Å²) < 4.78 is 5.13. The van der Waals surface area contributed by atoms with Crippen molar-refractivity contribution in [3.63, 3.8) is 0 Å². The Morgan fingerprint density at radius 2 is 1.81 bits per heavy atom. The SMILES string of the molecule is C1CC1.C=C(C)Oc1ccc([N+](=O)[O-])cc1. The molecule has 0 aliphatic heterocycles. The van der Waals surface area contributed by atoms with Gasteiger partial charge in [-0.05, 0) is 19.1 Å². The van der Waals surface area contributed by atoms with Crippen molar-refractivity contribution in [1.82, 2.24) is 0 Å². The minimum atomic E-state index is -0.454. The number of nitro benzene ring substituents is 1. The van der Waals surface area contributed by atoms with E-state index in [2.05, 4.69) is 6.58 Å². The smallest absolute Gasteiger partial charge is 0.269 e. The first-order valence-corrected chi connectivity index (χ1v) is 5.17. The zero-order chi connectivity index (χ0) is 12.0. The number of nitrogens with zero attached hydrogens (tertiary/aromatic N) is 1. The first-order valence-electron chi connectivity index (χ1n) is 5.17. The molecular weight excluding hydrogens is 206 g/mol. The lowest BCUT2D eigenvalue weighted by atomic mass is 10.3. The van der Waals surface area contributed by atoms with Gasteiger partial charge < -0.3 is 4.74 Å². The third-order valence-electron chi connectivity index (χ3n) is 1.69. The van der Waals surface area contributed by atoms with Crippen molar-refractivity contribution in [1.29, 1.82) is 0 Å². The highest BCUT2D eigenvalue weighted by Crippen LogP contribution is 2.18. The highest BCUT2D eigenvalue weighted by atomic mass is 16.6. The molecule has 0 amide bonds. The van der Waals surface area contributed by atoms with Crippen LogP contribution in [0.5, 0.6) is 5.75 Å². The van der Waals surface area contributed by atoms with Crippen LogP contribution in [0.25, 0.3) is 0 Å². The molecule has 0 heterocycles. The summed E-state index contributed by atoms with van der Waals surface area (Å²) in [6, 6.07) is 5.84. The van der Waals surface area contributed by atoms with Crippen LogP contribution in [0.1, 0.15) is 26.2 Å². The molecule has 1 aliphatic rings. The molecule has 0 aromatic heterocycles. The molecule has 16 heavy (non-hydrogen) atoms. The molecule has 2 rings (SSSR count). The minimum Gasteiger partial charge on any atom is -0.463 e. The van der Waals surface area contributed by atoms with Crippen molar-refractivity contribution in [2.24, 2.45) is 0 Å². The Morgan fingerprint density at radius 3 is 2.12 bits per heavy atom. The van der Waals surface area contributed by atoms with Crippen molar-refractivity contribution in [3.8, 4) is 5.75 Å². The van der Waals surface area contributed by atoms with Gasteiger partial charge in [-0.3, -0.25) is 10.1 Å². The Bertz CT molecular complexity index is 366. The van der Waals surface area contributed by atoms with Crippen molar-refractivity contribution in [3.05, 3.63) is 46.7 Å². The Morgan fingerprint density at radius 1 is 1.31 bits per heavy atom. The van der Waals surface area contributed by atoms with Gasteiger partial charge in [-0.15, -0.1) is 0 Å². The molecule has 0 spiro atoms. The molecule has 1 saturated carbocycles. The number of ether oxygens (including phenoxy) is 1. The standard InChI is InChI=1S/C9H9NO3.C3H6/c1-7(2)13-9-5-3-8(4-6-9)10(11)12;1-2-3-1/h3-6H,1H2,2H3;1-3H2. The molecule has 0 N–H and O–H groups in total. The summed E-state index contributed by atoms with van der Waals surface area (Å²) in [5, 5.41) is 10.3. The van der Waals surface area contributed by atoms with Crippen LogP contribution in [0.2, 0.25) is 0 Å². The van der Waals surface area contributed by atoms with Crippen molar-refractivity contribution < 1.29 is 9.66 Å². The van der Waals surface area contributed by atoms with Crippen molar-refractivity contribution in [2.45, 2.75) is 26.2 Å². The molecule has 0 unspecified atom stereocenters. The van der Waals surface area contributed by atoms with E-state index in [1.807, 2.05) is 0 Å². The molecule has 1 fully saturated rings. The predicted octanol–water partition coefficient (Wildman–Crippen LogP) is 3.68. The lowest BCUT2D eigenvalue weighted by Crippen LogP contribution is -1.90. The zero-order valence-electron chi connectivity index (χ0n) is 9.31. The molecule has 0 saturated heterocycles. The Hall–Kier alpha value is -1.84. The van der Waals surface area contributed by atoms with Crippen LogP contribution in [0.15, 0.2) is 36.6 Å². The fourth-order valence-corrected chi connectivity index (χ4v) is 0.837. The summed E-state index contributed by atoms with van der Waals surface area (Å²) in [4.78, 5) is 9.83. The Labute approximate surface area is 94.7 Å². The summed E-state index contributed by atoms with van der Waals surface area (Å²) in [5.74, 6) is 1.10. The highest BCUT2D eigenvalue weighted by molar-refractivity contribution is 5.36. The first-order chi connectivity index (χ1) is 7.59. The number of allylic oxidation sites excluding steroid dienone is 1. The van der Waals surface area contributed by atoms with Gasteiger partial charge in [-0.2, -0.15) is 0 Å². The maximum atomic E-state index is 10.3. The lowest BCUT2D eigenvalue weighted by Gasteiger charge is -2.02. The number of non-ortho nitro benzene ring substituents is 1. The molecule has 1 aromatic carbocycles. The first kappa shape index (κ1) is 12.2. The molecule has 0 atom stereocenters. The number of hydrogen-bond donors (Lipinski definition) is 0. The van der Waals surface area contributed by atoms with Gasteiger partial charge >= 0.3 is 0 Å². The average Bonchev–Trinajstić information content (AvgIpc) is 3.04. The van der Waals surface area contributed by atoms with Crippen LogP contribution >= 0.6 is 0 Å². The van der Waals surface area contributed by atoms with E-state index in [-0.39, 0.29) is 5.69 Å². The topological polar surface area (TPSA) is 52.4 Å². The van der Waals surface area contributed by atoms with E-state index >= 15 is 0 Å². The average molecular weight is 221 g/mol. The fourth-order valence-electron chi connectivity index (χ4n) is 0.837. The molecule has 4 nitrogen and oxygen atoms in total. The van der Waals surface area contributed by atoms with Gasteiger partial charge in [0, 0.05) is 12.1 Å². The third kappa shape index (κ3) is 5.14. The van der Waals surface area contributed by atoms with E-state index in [9.17, 15) is 10.1 Å². The van der Waals surface area contributed by atoms with Gasteiger partial charge in [0.1, 0.15) is 5.75 Å². The van der Waals surface area contributed by atoms with E-state index in [1.54, 1.807) is 6.92 Å². The van der Waals surface area contributed by atoms with Crippen LogP contribution in [0, 0.1) is 10.1 Å². The van der Waals surface area contributed by atoms with E-state index < -0.39 is 4.92 Å². The molecular formula is C12H15NO3. The maximum absolute atomic E-state index is 10.3. The summed E-state index contributed by atoms with van der Waals surface area (Å²) in [5.41, 5.74) is 0.0501. The number of hydrogen-bond acceptors (Lipinski definition) is 3. The number of rotatable bonds is 3. The van der Waals surface area contributed by atoms with Crippen LogP contribution in [0.3, 0.4) is 0 Å². The van der Waals surface area contributed by atoms with Crippen LogP contribution < -0.4 is 4.74 Å². The molecule has 86 valence electrons. The van der Waals surface area contributed by atoms with Gasteiger partial charge in [0.05, 0.1) is 10.7 Å². The normalized spacial score (nSPS) is 12.1. The predicted molar refractivity (Wildman–Crippen MR) is 62.4 cm³/mol. The van der Waals surface area contributed by atoms with Crippen LogP contribution in [-0.2, 0) is 0 Å². The molecule has 4 heteroatoms. The van der Waals surface area contributed by atoms with E-state index in [0.29, 0.717) is 11.5 Å². The second-order valence-electron chi connectivity index (χ2n) is 3.62. The monoisotopic (exact) mass is 221 g/mol. The Balaban J connectivity index is 0.000000365. The fraction of sp³-hybridized carbons (Fsp3) is 0.333. The molecule has 0 radical (unpaired) electrons. The van der Waals surface area contributed by atoms with Crippen LogP contribution in [-0.4, -0.2) is 4.92 Å². The summed E-state index contributed by atoms with van der Waals surface area (Å²) in [6.07, 6.45) is 4.50. The Kier molecular flexibility index (Phi) is 4.51. The highest BCUT2D eigenvalue weighted by Gasteiger charge is 2.03. The minimum absolute atomic E-state index is 0.0501. The number of benzene rings is 1. The quantitative estimate of drug-likeness (QED) is 0.444. The summed E-state index contributed by atoms with van der Waals surface area (Å²) in [6.45, 7) is 5.26. The van der Waals surface area contributed by atoms with Gasteiger partial charge in [-0.1, -0.05) is 25.8 Å². The molecule has 0 bridgehead atoms. The van der Waals surface area contributed by atoms with Gasteiger partial charge in [0.25, 0.3) is 5.69 Å². The largest absolute Gasteiger partial charge is 0.463 e. The van der Waals surface area contributed by atoms with Crippen molar-refractivity contribution >= 4 is 5.69 Å². The zero-order valence-corrected chi connectivity index (χ0v) is 9.31. The summed E-state index contributed by atoms with van der Waals surface area (Å²) in [7, 11) is 0. The van der Waals surface area contributed by atoms with Crippen molar-refractivity contribution in [2.75, 3.05) is 0 Å². The van der Waals surface area contributed by atoms with E-state index in [0.717, 1.165) is 0 Å². The third-order valence-corrected chi connectivity index (χ3v) is 1.69. The molecule has 1 aromatic rings. The molecule has 1 aliphatic carbocycles. The van der Waals surface area contributed by atoms with E-state index in [1.165, 1.54) is 43.5 Å². The van der Waals surface area contributed by atoms with Crippen LogP contribution in [0.4, 0.5) is 5.69 Å². The van der Waals surface area contributed by atoms with E-state index in [4.69, 9.17) is 4.74 Å². The second-order valence-corrected chi connectivity index (χ2v) is 3.62. The van der Waals surface area contributed by atoms with Gasteiger partial charge in [-0.25, -0.2) is 0 Å². The number of nitro groups is 1. The van der Waals surface area contributed by atoms with Gasteiger partial charge in [0.15, 0.2) is 0 Å². The second kappa shape index (κ2) is 5.90. The van der Waals surface area contributed by atoms with Gasteiger partial charge in [0.2, 0.25) is 0 Å². The summed E-state index contributed by atoms with van der Waals surface area (Å²) >= 11 is 0.